The van der Waals surface area contributed by atoms with Crippen LogP contribution < -0.4 is 5.19 Å². The molecule has 2 aromatic rings. The molecule has 0 saturated heterocycles. The summed E-state index contributed by atoms with van der Waals surface area (Å²) in [6, 6.07) is 20.3. The Labute approximate surface area is 263 Å². The number of rotatable bonds is 11. The number of carbonyl (C=O) groups excluding carboxylic acids is 2. The van der Waals surface area contributed by atoms with Crippen molar-refractivity contribution in [2.24, 2.45) is 0 Å². The van der Waals surface area contributed by atoms with Crippen LogP contribution in [0.3, 0.4) is 0 Å². The van der Waals surface area contributed by atoms with Gasteiger partial charge in [0.15, 0.2) is 8.32 Å². The van der Waals surface area contributed by atoms with E-state index in [9.17, 15) is 9.59 Å². The molecule has 0 aliphatic rings. The Hall–Kier alpha value is -2.69. The summed E-state index contributed by atoms with van der Waals surface area (Å²) < 4.78 is 12.8. The summed E-state index contributed by atoms with van der Waals surface area (Å²) in [6.45, 7) is 25.5. The molecule has 0 aliphatic heterocycles. The van der Waals surface area contributed by atoms with Crippen LogP contribution in [0.25, 0.3) is 0 Å². The molecule has 0 aromatic heterocycles. The van der Waals surface area contributed by atoms with Crippen molar-refractivity contribution in [3.8, 4) is 0 Å². The third-order valence-electron chi connectivity index (χ3n) is 8.78. The maximum Gasteiger partial charge on any atom is 0.411 e. The van der Waals surface area contributed by atoms with Gasteiger partial charge in [-0.25, -0.2) is 4.79 Å². The number of hydrogen-bond acceptors (Lipinski definition) is 4. The Morgan fingerprint density at radius 3 is 1.84 bits per heavy atom. The molecule has 0 heterocycles. The monoisotopic (exact) mass is 624 g/mol. The minimum atomic E-state index is -2.18. The molecule has 238 valence electrons. The van der Waals surface area contributed by atoms with Crippen molar-refractivity contribution in [2.45, 2.75) is 104 Å². The van der Waals surface area contributed by atoms with Crippen LogP contribution >= 0.6 is 0 Å². The summed E-state index contributed by atoms with van der Waals surface area (Å²) in [4.78, 5) is 30.8. The lowest BCUT2D eigenvalue weighted by Crippen LogP contribution is -2.52. The number of benzene rings is 2. The molecule has 6 nitrogen and oxygen atoms in total. The molecule has 0 fully saturated rings. The Kier molecular flexibility index (Phi) is 12.2. The van der Waals surface area contributed by atoms with E-state index in [4.69, 9.17) is 9.16 Å². The molecular formula is C35H56N2O4Si2. The third kappa shape index (κ3) is 9.91. The first-order chi connectivity index (χ1) is 19.7. The van der Waals surface area contributed by atoms with Gasteiger partial charge in [0.25, 0.3) is 0 Å². The standard InChI is InChI=1S/C35H56N2O4Si2/c1-14-29(42(10,11)30-23-19-16-20-24-30)25-37(33(39)40-34(3,4)5)26-31(38)36(9)27(2)32(28-21-17-15-18-22-28)41-43(12,13)35(6,7)8/h14-24,27,32H,25-26H2,1-13H3/b29-14-/t27-,32-/m1/s1. The first kappa shape index (κ1) is 36.5. The molecular weight excluding hydrogens is 569 g/mol. The van der Waals surface area contributed by atoms with Gasteiger partial charge >= 0.3 is 6.09 Å². The van der Waals surface area contributed by atoms with Crippen molar-refractivity contribution in [1.82, 2.24) is 9.80 Å². The van der Waals surface area contributed by atoms with Gasteiger partial charge in [0, 0.05) is 13.6 Å². The zero-order chi connectivity index (χ0) is 32.8. The van der Waals surface area contributed by atoms with Crippen molar-refractivity contribution >= 4 is 33.6 Å². The van der Waals surface area contributed by atoms with Crippen LogP contribution in [0.15, 0.2) is 71.9 Å². The van der Waals surface area contributed by atoms with Gasteiger partial charge in [-0.15, -0.1) is 0 Å². The fourth-order valence-corrected chi connectivity index (χ4v) is 8.72. The summed E-state index contributed by atoms with van der Waals surface area (Å²) in [6.07, 6.45) is 1.31. The molecule has 0 aliphatic carbocycles. The summed E-state index contributed by atoms with van der Waals surface area (Å²) in [7, 11) is -2.48. The summed E-state index contributed by atoms with van der Waals surface area (Å²) >= 11 is 0. The Balaban J connectivity index is 2.40. The summed E-state index contributed by atoms with van der Waals surface area (Å²) in [5.41, 5.74) is 0.352. The molecule has 0 radical (unpaired) electrons. The van der Waals surface area contributed by atoms with E-state index in [1.807, 2.05) is 65.9 Å². The second-order valence-electron chi connectivity index (χ2n) is 14.6. The lowest BCUT2D eigenvalue weighted by molar-refractivity contribution is -0.134. The SMILES string of the molecule is C/C=C(/CN(CC(=O)N(C)[C@H](C)[C@@H](O[Si](C)(C)C(C)(C)C)c1ccccc1)C(=O)OC(C)(C)C)[Si](C)(C)c1ccccc1. The average molecular weight is 625 g/mol. The van der Waals surface area contributed by atoms with E-state index in [-0.39, 0.29) is 29.6 Å². The highest BCUT2D eigenvalue weighted by Crippen LogP contribution is 2.41. The van der Waals surface area contributed by atoms with Crippen LogP contribution in [0.4, 0.5) is 4.79 Å². The first-order valence-corrected chi connectivity index (χ1v) is 21.3. The van der Waals surface area contributed by atoms with Gasteiger partial charge in [-0.1, -0.05) is 111 Å². The normalized spacial score (nSPS) is 14.6. The lowest BCUT2D eigenvalue weighted by Gasteiger charge is -2.43. The first-order valence-electron chi connectivity index (χ1n) is 15.4. The Bertz CT molecular complexity index is 1230. The Morgan fingerprint density at radius 1 is 0.860 bits per heavy atom. The number of hydrogen-bond donors (Lipinski definition) is 0. The summed E-state index contributed by atoms with van der Waals surface area (Å²) in [5.74, 6) is -0.159. The number of ether oxygens (including phenoxy) is 1. The fraction of sp³-hybridized carbons (Fsp3) is 0.543. The number of allylic oxidation sites excluding steroid dienone is 1. The second-order valence-corrected chi connectivity index (χ2v) is 23.8. The lowest BCUT2D eigenvalue weighted by atomic mass is 10.0. The maximum absolute atomic E-state index is 14.0. The predicted octanol–water partition coefficient (Wildman–Crippen LogP) is 7.93. The number of amides is 2. The average Bonchev–Trinajstić information content (AvgIpc) is 2.92. The molecule has 0 spiro atoms. The molecule has 2 atom stereocenters. The minimum absolute atomic E-state index is 0.00811. The van der Waals surface area contributed by atoms with Crippen molar-refractivity contribution in [1.29, 1.82) is 0 Å². The van der Waals surface area contributed by atoms with E-state index < -0.39 is 28.1 Å². The highest BCUT2D eigenvalue weighted by molar-refractivity contribution is 6.95. The topological polar surface area (TPSA) is 59.1 Å². The predicted molar refractivity (Wildman–Crippen MR) is 185 cm³/mol. The number of likely N-dealkylation sites (N-methyl/N-ethyl adjacent to an activating group) is 1. The van der Waals surface area contributed by atoms with Gasteiger partial charge in [0.2, 0.25) is 5.91 Å². The maximum atomic E-state index is 14.0. The van der Waals surface area contributed by atoms with E-state index in [0.717, 1.165) is 10.8 Å². The van der Waals surface area contributed by atoms with Crippen LogP contribution in [-0.4, -0.2) is 70.0 Å². The van der Waals surface area contributed by atoms with E-state index in [1.165, 1.54) is 5.19 Å². The Morgan fingerprint density at radius 2 is 1.37 bits per heavy atom. The molecule has 43 heavy (non-hydrogen) atoms. The van der Waals surface area contributed by atoms with Crippen molar-refractivity contribution in [2.75, 3.05) is 20.1 Å². The fourth-order valence-electron chi connectivity index (χ4n) is 4.69. The molecule has 0 N–H and O–H groups in total. The zero-order valence-electron chi connectivity index (χ0n) is 28.9. The van der Waals surface area contributed by atoms with Gasteiger partial charge in [-0.3, -0.25) is 9.69 Å². The number of nitrogens with zero attached hydrogens (tertiary/aromatic N) is 2. The van der Waals surface area contributed by atoms with Crippen molar-refractivity contribution < 1.29 is 18.8 Å². The number of carbonyl (C=O) groups is 2. The summed E-state index contributed by atoms with van der Waals surface area (Å²) in [5, 5.41) is 2.45. The molecule has 0 saturated carbocycles. The zero-order valence-corrected chi connectivity index (χ0v) is 30.9. The van der Waals surface area contributed by atoms with E-state index in [0.29, 0.717) is 6.54 Å². The molecule has 2 rings (SSSR count). The molecule has 2 aromatic carbocycles. The van der Waals surface area contributed by atoms with E-state index in [1.54, 1.807) is 9.80 Å². The van der Waals surface area contributed by atoms with Gasteiger partial charge in [0.05, 0.1) is 12.1 Å². The van der Waals surface area contributed by atoms with Gasteiger partial charge in [-0.05, 0) is 58.3 Å². The van der Waals surface area contributed by atoms with Crippen molar-refractivity contribution in [3.63, 3.8) is 0 Å². The van der Waals surface area contributed by atoms with Gasteiger partial charge in [-0.2, -0.15) is 0 Å². The van der Waals surface area contributed by atoms with E-state index >= 15 is 0 Å². The van der Waals surface area contributed by atoms with Gasteiger partial charge < -0.3 is 14.1 Å². The van der Waals surface area contributed by atoms with Crippen LogP contribution in [0.2, 0.25) is 31.2 Å². The van der Waals surface area contributed by atoms with Gasteiger partial charge in [0.1, 0.15) is 20.2 Å². The third-order valence-corrected chi connectivity index (χ3v) is 17.1. The largest absolute Gasteiger partial charge is 0.444 e. The highest BCUT2D eigenvalue weighted by atomic mass is 28.4. The van der Waals surface area contributed by atoms with Crippen LogP contribution in [0.1, 0.15) is 67.1 Å². The quantitative estimate of drug-likeness (QED) is 0.238. The van der Waals surface area contributed by atoms with E-state index in [2.05, 4.69) is 89.4 Å². The van der Waals surface area contributed by atoms with Crippen molar-refractivity contribution in [3.05, 3.63) is 77.5 Å². The van der Waals surface area contributed by atoms with Crippen LogP contribution in [0.5, 0.6) is 0 Å². The molecule has 0 bridgehead atoms. The second kappa shape index (κ2) is 14.4. The molecule has 0 unspecified atom stereocenters. The minimum Gasteiger partial charge on any atom is -0.444 e. The van der Waals surface area contributed by atoms with Crippen LogP contribution in [-0.2, 0) is 14.0 Å². The smallest absolute Gasteiger partial charge is 0.411 e. The molecule has 8 heteroatoms. The van der Waals surface area contributed by atoms with Crippen LogP contribution in [0, 0.1) is 0 Å². The molecule has 2 amide bonds. The highest BCUT2D eigenvalue weighted by Gasteiger charge is 2.42.